The van der Waals surface area contributed by atoms with E-state index in [0.717, 1.165) is 5.75 Å². The van der Waals surface area contributed by atoms with Crippen LogP contribution in [-0.4, -0.2) is 30.3 Å². The second-order valence-electron chi connectivity index (χ2n) is 4.71. The van der Waals surface area contributed by atoms with Crippen LogP contribution < -0.4 is 10.1 Å². The number of ether oxygens (including phenoxy) is 1. The van der Waals surface area contributed by atoms with E-state index in [-0.39, 0.29) is 5.91 Å². The predicted octanol–water partition coefficient (Wildman–Crippen LogP) is 1.96. The van der Waals surface area contributed by atoms with E-state index in [1.807, 2.05) is 39.0 Å². The van der Waals surface area contributed by atoms with Crippen LogP contribution in [0.3, 0.4) is 0 Å². The molecule has 1 aromatic carbocycles. The first-order valence-electron chi connectivity index (χ1n) is 6.67. The molecule has 0 aliphatic heterocycles. The molecule has 4 heteroatoms. The van der Waals surface area contributed by atoms with E-state index in [9.17, 15) is 9.90 Å². The molecule has 4 nitrogen and oxygen atoms in total. The average molecular weight is 265 g/mol. The van der Waals surface area contributed by atoms with Gasteiger partial charge in [-0.3, -0.25) is 4.79 Å². The largest absolute Gasteiger partial charge is 0.493 e. The smallest absolute Gasteiger partial charge is 0.223 e. The van der Waals surface area contributed by atoms with Crippen LogP contribution in [0, 0.1) is 13.8 Å². The molecule has 0 aliphatic rings. The highest BCUT2D eigenvalue weighted by molar-refractivity contribution is 5.76. The van der Waals surface area contributed by atoms with Gasteiger partial charge in [0.25, 0.3) is 0 Å². The molecule has 0 spiro atoms. The van der Waals surface area contributed by atoms with Crippen molar-refractivity contribution in [2.24, 2.45) is 0 Å². The van der Waals surface area contributed by atoms with Crippen molar-refractivity contribution in [3.05, 3.63) is 29.3 Å². The molecule has 0 saturated carbocycles. The summed E-state index contributed by atoms with van der Waals surface area (Å²) in [6.07, 6.45) is 0.465. The summed E-state index contributed by atoms with van der Waals surface area (Å²) in [6.45, 7) is 6.60. The summed E-state index contributed by atoms with van der Waals surface area (Å²) in [5.74, 6) is 0.681. The van der Waals surface area contributed by atoms with Gasteiger partial charge in [-0.2, -0.15) is 0 Å². The molecule has 0 bridgehead atoms. The average Bonchev–Trinajstić information content (AvgIpc) is 2.40. The monoisotopic (exact) mass is 265 g/mol. The Morgan fingerprint density at radius 3 is 2.74 bits per heavy atom. The van der Waals surface area contributed by atoms with Crippen LogP contribution in [0.5, 0.6) is 5.75 Å². The Morgan fingerprint density at radius 2 is 2.11 bits per heavy atom. The van der Waals surface area contributed by atoms with E-state index in [1.54, 1.807) is 0 Å². The van der Waals surface area contributed by atoms with E-state index >= 15 is 0 Å². The van der Waals surface area contributed by atoms with Gasteiger partial charge >= 0.3 is 0 Å². The second-order valence-corrected chi connectivity index (χ2v) is 4.71. The summed E-state index contributed by atoms with van der Waals surface area (Å²) >= 11 is 0. The maximum atomic E-state index is 11.5. The van der Waals surface area contributed by atoms with E-state index in [2.05, 4.69) is 5.32 Å². The molecule has 1 amide bonds. The standard InChI is InChI=1S/C15H23NO3/c1-4-13(17)10-16-15(18)7-8-19-14-6-5-11(2)12(3)9-14/h5-6,9,13,17H,4,7-8,10H2,1-3H3,(H,16,18). The summed E-state index contributed by atoms with van der Waals surface area (Å²) in [7, 11) is 0. The van der Waals surface area contributed by atoms with E-state index < -0.39 is 6.10 Å². The Bertz CT molecular complexity index is 418. The number of hydrogen-bond acceptors (Lipinski definition) is 3. The number of rotatable bonds is 7. The number of benzene rings is 1. The van der Waals surface area contributed by atoms with Crippen molar-refractivity contribution in [3.8, 4) is 5.75 Å². The molecular formula is C15H23NO3. The highest BCUT2D eigenvalue weighted by atomic mass is 16.5. The van der Waals surface area contributed by atoms with E-state index in [1.165, 1.54) is 11.1 Å². The fourth-order valence-corrected chi connectivity index (χ4v) is 1.53. The molecule has 0 fully saturated rings. The van der Waals surface area contributed by atoms with E-state index in [0.29, 0.717) is 26.0 Å². The number of nitrogens with one attached hydrogen (secondary N) is 1. The SMILES string of the molecule is CCC(O)CNC(=O)CCOc1ccc(C)c(C)c1. The molecule has 0 aromatic heterocycles. The number of carbonyl (C=O) groups is 1. The number of aryl methyl sites for hydroxylation is 2. The third-order valence-corrected chi connectivity index (χ3v) is 3.08. The van der Waals surface area contributed by atoms with Crippen LogP contribution in [0.25, 0.3) is 0 Å². The Balaban J connectivity index is 2.26. The van der Waals surface area contributed by atoms with Crippen molar-refractivity contribution in [2.45, 2.75) is 39.7 Å². The minimum atomic E-state index is -0.468. The number of aliphatic hydroxyl groups excluding tert-OH is 1. The fourth-order valence-electron chi connectivity index (χ4n) is 1.53. The maximum absolute atomic E-state index is 11.5. The lowest BCUT2D eigenvalue weighted by Crippen LogP contribution is -2.32. The molecular weight excluding hydrogens is 242 g/mol. The van der Waals surface area contributed by atoms with Crippen LogP contribution in [0.4, 0.5) is 0 Å². The van der Waals surface area contributed by atoms with Crippen molar-refractivity contribution in [1.29, 1.82) is 0 Å². The molecule has 1 aromatic rings. The molecule has 106 valence electrons. The summed E-state index contributed by atoms with van der Waals surface area (Å²) in [4.78, 5) is 11.5. The number of hydrogen-bond donors (Lipinski definition) is 2. The Morgan fingerprint density at radius 1 is 1.37 bits per heavy atom. The molecule has 1 unspecified atom stereocenters. The molecule has 0 saturated heterocycles. The Kier molecular flexibility index (Phi) is 6.36. The minimum absolute atomic E-state index is 0.101. The minimum Gasteiger partial charge on any atom is -0.493 e. The topological polar surface area (TPSA) is 58.6 Å². The number of amides is 1. The highest BCUT2D eigenvalue weighted by Gasteiger charge is 2.05. The lowest BCUT2D eigenvalue weighted by atomic mass is 10.1. The van der Waals surface area contributed by atoms with Crippen LogP contribution in [-0.2, 0) is 4.79 Å². The van der Waals surface area contributed by atoms with Crippen molar-refractivity contribution >= 4 is 5.91 Å². The molecule has 0 heterocycles. The van der Waals surface area contributed by atoms with Gasteiger partial charge < -0.3 is 15.2 Å². The molecule has 0 radical (unpaired) electrons. The highest BCUT2D eigenvalue weighted by Crippen LogP contribution is 2.16. The van der Waals surface area contributed by atoms with Gasteiger partial charge in [-0.25, -0.2) is 0 Å². The predicted molar refractivity (Wildman–Crippen MR) is 75.3 cm³/mol. The normalized spacial score (nSPS) is 12.0. The molecule has 19 heavy (non-hydrogen) atoms. The van der Waals surface area contributed by atoms with Crippen molar-refractivity contribution in [2.75, 3.05) is 13.2 Å². The van der Waals surface area contributed by atoms with Gasteiger partial charge in [-0.1, -0.05) is 13.0 Å². The lowest BCUT2D eigenvalue weighted by molar-refractivity contribution is -0.122. The zero-order valence-electron chi connectivity index (χ0n) is 11.9. The molecule has 2 N–H and O–H groups in total. The first kappa shape index (κ1) is 15.5. The van der Waals surface area contributed by atoms with Crippen LogP contribution >= 0.6 is 0 Å². The first-order chi connectivity index (χ1) is 9.02. The number of carbonyl (C=O) groups excluding carboxylic acids is 1. The molecule has 0 aliphatic carbocycles. The van der Waals surface area contributed by atoms with Gasteiger partial charge in [-0.15, -0.1) is 0 Å². The summed E-state index contributed by atoms with van der Waals surface area (Å²) in [5, 5.41) is 12.0. The third-order valence-electron chi connectivity index (χ3n) is 3.08. The van der Waals surface area contributed by atoms with Crippen molar-refractivity contribution in [1.82, 2.24) is 5.32 Å². The van der Waals surface area contributed by atoms with Crippen LogP contribution in [0.1, 0.15) is 30.9 Å². The lowest BCUT2D eigenvalue weighted by Gasteiger charge is -2.10. The summed E-state index contributed by atoms with van der Waals surface area (Å²) in [5.41, 5.74) is 2.40. The summed E-state index contributed by atoms with van der Waals surface area (Å²) in [6, 6.07) is 5.87. The van der Waals surface area contributed by atoms with Gasteiger partial charge in [0.1, 0.15) is 5.75 Å². The fraction of sp³-hybridized carbons (Fsp3) is 0.533. The number of aliphatic hydroxyl groups is 1. The van der Waals surface area contributed by atoms with Gasteiger partial charge in [0.05, 0.1) is 19.1 Å². The zero-order chi connectivity index (χ0) is 14.3. The Hall–Kier alpha value is -1.55. The van der Waals surface area contributed by atoms with Gasteiger partial charge in [0.2, 0.25) is 5.91 Å². The molecule has 1 atom stereocenters. The van der Waals surface area contributed by atoms with E-state index in [4.69, 9.17) is 4.74 Å². The Labute approximate surface area is 114 Å². The van der Waals surface area contributed by atoms with Gasteiger partial charge in [-0.05, 0) is 43.5 Å². The molecule has 1 rings (SSSR count). The van der Waals surface area contributed by atoms with Crippen LogP contribution in [0.2, 0.25) is 0 Å². The first-order valence-corrected chi connectivity index (χ1v) is 6.67. The van der Waals surface area contributed by atoms with Crippen molar-refractivity contribution in [3.63, 3.8) is 0 Å². The summed E-state index contributed by atoms with van der Waals surface area (Å²) < 4.78 is 5.52. The van der Waals surface area contributed by atoms with Gasteiger partial charge in [0.15, 0.2) is 0 Å². The zero-order valence-corrected chi connectivity index (χ0v) is 11.9. The quantitative estimate of drug-likeness (QED) is 0.792. The van der Waals surface area contributed by atoms with Crippen molar-refractivity contribution < 1.29 is 14.6 Å². The second kappa shape index (κ2) is 7.79. The maximum Gasteiger partial charge on any atom is 0.223 e. The van der Waals surface area contributed by atoms with Crippen LogP contribution in [0.15, 0.2) is 18.2 Å². The third kappa shape index (κ3) is 5.75. The van der Waals surface area contributed by atoms with Gasteiger partial charge in [0, 0.05) is 6.54 Å².